The van der Waals surface area contributed by atoms with Crippen LogP contribution in [0.4, 0.5) is 5.13 Å². The molecule has 0 spiro atoms. The molecular weight excluding hydrogens is 370 g/mol. The maximum Gasteiger partial charge on any atom is 0.250 e. The van der Waals surface area contributed by atoms with Gasteiger partial charge in [-0.2, -0.15) is 0 Å². The lowest BCUT2D eigenvalue weighted by atomic mass is 10.2. The van der Waals surface area contributed by atoms with E-state index in [9.17, 15) is 4.79 Å². The molecule has 1 N–H and O–H groups in total. The number of hydrogen-bond donors (Lipinski definition) is 1. The number of hydrogen-bond acceptors (Lipinski definition) is 5. The molecule has 0 radical (unpaired) electrons. The van der Waals surface area contributed by atoms with Crippen LogP contribution in [0.15, 0.2) is 60.7 Å². The van der Waals surface area contributed by atoms with Gasteiger partial charge in [-0.15, -0.1) is 10.2 Å². The van der Waals surface area contributed by atoms with Crippen LogP contribution < -0.4 is 10.1 Å². The number of anilines is 1. The van der Waals surface area contributed by atoms with Crippen molar-refractivity contribution in [3.8, 4) is 5.75 Å². The summed E-state index contributed by atoms with van der Waals surface area (Å²) in [5.41, 5.74) is 0.889. The topological polar surface area (TPSA) is 64.1 Å². The van der Waals surface area contributed by atoms with Crippen LogP contribution in [-0.2, 0) is 11.2 Å². The van der Waals surface area contributed by atoms with Gasteiger partial charge in [0, 0.05) is 17.5 Å². The van der Waals surface area contributed by atoms with E-state index < -0.39 is 0 Å². The zero-order valence-electron chi connectivity index (χ0n) is 13.8. The fourth-order valence-electron chi connectivity index (χ4n) is 2.07. The minimum atomic E-state index is -0.261. The van der Waals surface area contributed by atoms with E-state index in [1.54, 1.807) is 18.2 Å². The average molecular weight is 386 g/mol. The summed E-state index contributed by atoms with van der Waals surface area (Å²) >= 11 is 7.16. The van der Waals surface area contributed by atoms with Gasteiger partial charge in [0.15, 0.2) is 0 Å². The number of nitrogens with one attached hydrogen (secondary N) is 1. The summed E-state index contributed by atoms with van der Waals surface area (Å²) < 4.78 is 5.63. The van der Waals surface area contributed by atoms with Crippen LogP contribution in [-0.4, -0.2) is 22.7 Å². The van der Waals surface area contributed by atoms with Gasteiger partial charge in [-0.3, -0.25) is 10.1 Å². The van der Waals surface area contributed by atoms with Crippen molar-refractivity contribution in [3.63, 3.8) is 0 Å². The summed E-state index contributed by atoms with van der Waals surface area (Å²) in [5.74, 6) is 0.557. The molecule has 26 heavy (non-hydrogen) atoms. The molecule has 0 aliphatic heterocycles. The lowest BCUT2D eigenvalue weighted by Gasteiger charge is -2.03. The van der Waals surface area contributed by atoms with E-state index in [1.807, 2.05) is 42.5 Å². The van der Waals surface area contributed by atoms with Crippen molar-refractivity contribution < 1.29 is 9.53 Å². The van der Waals surface area contributed by atoms with Crippen LogP contribution in [0.1, 0.15) is 10.6 Å². The summed E-state index contributed by atoms with van der Waals surface area (Å²) in [6.45, 7) is 0.503. The molecule has 0 fully saturated rings. The summed E-state index contributed by atoms with van der Waals surface area (Å²) in [5, 5.41) is 12.7. The quantitative estimate of drug-likeness (QED) is 0.609. The van der Waals surface area contributed by atoms with E-state index in [2.05, 4.69) is 15.5 Å². The molecule has 0 saturated heterocycles. The second-order valence-corrected chi connectivity index (χ2v) is 6.79. The lowest BCUT2D eigenvalue weighted by Crippen LogP contribution is -2.07. The number of carbonyl (C=O) groups excluding carboxylic acids is 1. The molecule has 3 rings (SSSR count). The SMILES string of the molecule is O=C(/C=C/c1ccc(Cl)cc1)Nc1nnc(CCOc2ccccc2)s1. The fraction of sp³-hybridized carbons (Fsp3) is 0.105. The Hall–Kier alpha value is -2.70. The summed E-state index contributed by atoms with van der Waals surface area (Å²) in [7, 11) is 0. The van der Waals surface area contributed by atoms with Crippen molar-refractivity contribution in [3.05, 3.63) is 76.3 Å². The second-order valence-electron chi connectivity index (χ2n) is 5.29. The monoisotopic (exact) mass is 385 g/mol. The Kier molecular flexibility index (Phi) is 6.35. The molecule has 1 heterocycles. The summed E-state index contributed by atoms with van der Waals surface area (Å²) in [4.78, 5) is 12.0. The van der Waals surface area contributed by atoms with Crippen molar-refractivity contribution in [2.24, 2.45) is 0 Å². The van der Waals surface area contributed by atoms with Gasteiger partial charge < -0.3 is 4.74 Å². The third-order valence-corrected chi connectivity index (χ3v) is 4.47. The highest BCUT2D eigenvalue weighted by atomic mass is 35.5. The number of carbonyl (C=O) groups is 1. The van der Waals surface area contributed by atoms with E-state index in [-0.39, 0.29) is 5.91 Å². The predicted molar refractivity (Wildman–Crippen MR) is 105 cm³/mol. The Morgan fingerprint density at radius 3 is 2.65 bits per heavy atom. The fourth-order valence-corrected chi connectivity index (χ4v) is 2.92. The number of amides is 1. The molecule has 3 aromatic rings. The predicted octanol–water partition coefficient (Wildman–Crippen LogP) is 4.46. The highest BCUT2D eigenvalue weighted by Gasteiger charge is 2.06. The Bertz CT molecular complexity index is 879. The van der Waals surface area contributed by atoms with Crippen molar-refractivity contribution in [1.29, 1.82) is 0 Å². The number of para-hydroxylation sites is 1. The van der Waals surface area contributed by atoms with Crippen molar-refractivity contribution in [2.45, 2.75) is 6.42 Å². The van der Waals surface area contributed by atoms with Crippen LogP contribution in [0, 0.1) is 0 Å². The molecule has 0 bridgehead atoms. The molecule has 5 nitrogen and oxygen atoms in total. The third kappa shape index (κ3) is 5.68. The molecule has 0 saturated carbocycles. The molecule has 7 heteroatoms. The van der Waals surface area contributed by atoms with Gasteiger partial charge in [0.1, 0.15) is 10.8 Å². The number of ether oxygens (including phenoxy) is 1. The molecule has 0 unspecified atom stereocenters. The molecule has 132 valence electrons. The molecular formula is C19H16ClN3O2S. The second kappa shape index (κ2) is 9.12. The van der Waals surface area contributed by atoms with E-state index >= 15 is 0 Å². The largest absolute Gasteiger partial charge is 0.493 e. The van der Waals surface area contributed by atoms with Gasteiger partial charge in [-0.25, -0.2) is 0 Å². The third-order valence-electron chi connectivity index (χ3n) is 3.32. The first-order valence-corrected chi connectivity index (χ1v) is 9.13. The molecule has 0 atom stereocenters. The van der Waals surface area contributed by atoms with Crippen LogP contribution >= 0.6 is 22.9 Å². The van der Waals surface area contributed by atoms with E-state index in [4.69, 9.17) is 16.3 Å². The Labute approximate surface area is 160 Å². The maximum atomic E-state index is 12.0. The summed E-state index contributed by atoms with van der Waals surface area (Å²) in [6, 6.07) is 16.8. The number of halogens is 1. The molecule has 0 aliphatic rings. The van der Waals surface area contributed by atoms with Crippen molar-refractivity contribution >= 4 is 40.1 Å². The number of aromatic nitrogens is 2. The Balaban J connectivity index is 1.46. The highest BCUT2D eigenvalue weighted by molar-refractivity contribution is 7.15. The van der Waals surface area contributed by atoms with Crippen molar-refractivity contribution in [1.82, 2.24) is 10.2 Å². The van der Waals surface area contributed by atoms with E-state index in [0.717, 1.165) is 16.3 Å². The maximum absolute atomic E-state index is 12.0. The van der Waals surface area contributed by atoms with Gasteiger partial charge in [0.2, 0.25) is 11.0 Å². The number of rotatable bonds is 7. The standard InChI is InChI=1S/C19H16ClN3O2S/c20-15-9-6-14(7-10-15)8-11-17(24)21-19-23-22-18(26-19)12-13-25-16-4-2-1-3-5-16/h1-11H,12-13H2,(H,21,23,24)/b11-8+. The molecule has 1 amide bonds. The van der Waals surface area contributed by atoms with Gasteiger partial charge in [0.05, 0.1) is 6.61 Å². The van der Waals surface area contributed by atoms with Crippen LogP contribution in [0.25, 0.3) is 6.08 Å². The van der Waals surface area contributed by atoms with Gasteiger partial charge in [-0.05, 0) is 35.9 Å². The van der Waals surface area contributed by atoms with Crippen LogP contribution in [0.2, 0.25) is 5.02 Å². The Morgan fingerprint density at radius 1 is 1.12 bits per heavy atom. The minimum Gasteiger partial charge on any atom is -0.493 e. The van der Waals surface area contributed by atoms with Crippen LogP contribution in [0.3, 0.4) is 0 Å². The van der Waals surface area contributed by atoms with Gasteiger partial charge in [0.25, 0.3) is 0 Å². The van der Waals surface area contributed by atoms with Gasteiger partial charge >= 0.3 is 0 Å². The molecule has 2 aromatic carbocycles. The van der Waals surface area contributed by atoms with Gasteiger partial charge in [-0.1, -0.05) is 53.3 Å². The first kappa shape index (κ1) is 18.1. The average Bonchev–Trinajstić information content (AvgIpc) is 3.09. The smallest absolute Gasteiger partial charge is 0.250 e. The normalized spacial score (nSPS) is 10.8. The number of benzene rings is 2. The van der Waals surface area contributed by atoms with E-state index in [0.29, 0.717) is 23.2 Å². The minimum absolute atomic E-state index is 0.261. The first-order valence-electron chi connectivity index (χ1n) is 7.94. The molecule has 1 aromatic heterocycles. The zero-order valence-corrected chi connectivity index (χ0v) is 15.3. The lowest BCUT2D eigenvalue weighted by molar-refractivity contribution is -0.111. The van der Waals surface area contributed by atoms with Crippen LogP contribution in [0.5, 0.6) is 5.75 Å². The first-order chi connectivity index (χ1) is 12.7. The Morgan fingerprint density at radius 2 is 1.88 bits per heavy atom. The number of nitrogens with zero attached hydrogens (tertiary/aromatic N) is 2. The summed E-state index contributed by atoms with van der Waals surface area (Å²) in [6.07, 6.45) is 3.78. The van der Waals surface area contributed by atoms with E-state index in [1.165, 1.54) is 17.4 Å². The van der Waals surface area contributed by atoms with Crippen molar-refractivity contribution in [2.75, 3.05) is 11.9 Å². The molecule has 0 aliphatic carbocycles. The highest BCUT2D eigenvalue weighted by Crippen LogP contribution is 2.17. The zero-order chi connectivity index (χ0) is 18.2.